The Morgan fingerprint density at radius 2 is 1.75 bits per heavy atom. The number of carbonyl (C=O) groups is 2. The Morgan fingerprint density at radius 1 is 1.06 bits per heavy atom. The fraction of sp³-hybridized carbons (Fsp3) is 0.222. The molecule has 1 fully saturated rings. The smallest absolute Gasteiger partial charge is 0.356 e. The first-order valence-corrected chi connectivity index (χ1v) is 12.8. The maximum absolute atomic E-state index is 13.2. The minimum absolute atomic E-state index is 0.00909. The van der Waals surface area contributed by atoms with E-state index in [0.717, 1.165) is 46.8 Å². The number of rotatable bonds is 6. The van der Waals surface area contributed by atoms with E-state index in [1.807, 2.05) is 42.5 Å². The Balaban J connectivity index is 1.57. The third-order valence-electron chi connectivity index (χ3n) is 6.22. The Morgan fingerprint density at radius 3 is 2.33 bits per heavy atom. The number of nitriles is 1. The minimum atomic E-state index is -0.553. The van der Waals surface area contributed by atoms with Crippen LogP contribution in [0, 0.1) is 11.3 Å². The number of hydrogen-bond donors (Lipinski definition) is 1. The van der Waals surface area contributed by atoms with Gasteiger partial charge in [-0.15, -0.1) is 0 Å². The minimum Gasteiger partial charge on any atom is -0.464 e. The highest BCUT2D eigenvalue weighted by Gasteiger charge is 2.37. The van der Waals surface area contributed by atoms with Gasteiger partial charge < -0.3 is 10.1 Å². The Labute approximate surface area is 225 Å². The van der Waals surface area contributed by atoms with E-state index in [1.165, 1.54) is 13.2 Å². The number of benzene rings is 1. The van der Waals surface area contributed by atoms with Crippen molar-refractivity contribution in [3.05, 3.63) is 86.3 Å². The van der Waals surface area contributed by atoms with Crippen LogP contribution in [0.15, 0.2) is 69.4 Å². The van der Waals surface area contributed by atoms with Crippen LogP contribution in [0.5, 0.6) is 0 Å². The van der Waals surface area contributed by atoms with E-state index in [9.17, 15) is 14.9 Å². The second-order valence-corrected chi connectivity index (χ2v) is 10.2. The van der Waals surface area contributed by atoms with Gasteiger partial charge >= 0.3 is 5.97 Å². The molecule has 0 atom stereocenters. The molecule has 0 bridgehead atoms. The van der Waals surface area contributed by atoms with Crippen molar-refractivity contribution in [1.29, 1.82) is 5.26 Å². The molecule has 9 heteroatoms. The van der Waals surface area contributed by atoms with Gasteiger partial charge in [0.15, 0.2) is 0 Å². The molecule has 0 saturated heterocycles. The van der Waals surface area contributed by atoms with E-state index in [1.54, 1.807) is 18.5 Å². The van der Waals surface area contributed by atoms with E-state index >= 15 is 0 Å². The number of aromatic nitrogens is 2. The van der Waals surface area contributed by atoms with Crippen LogP contribution in [-0.2, 0) is 15.1 Å². The molecule has 1 saturated carbocycles. The van der Waals surface area contributed by atoms with Gasteiger partial charge in [-0.05, 0) is 74.0 Å². The largest absolute Gasteiger partial charge is 0.464 e. The number of hydrogen-bond acceptors (Lipinski definition) is 6. The summed E-state index contributed by atoms with van der Waals surface area (Å²) < 4.78 is 6.17. The van der Waals surface area contributed by atoms with Gasteiger partial charge in [0.1, 0.15) is 17.3 Å². The average Bonchev–Trinajstić information content (AvgIpc) is 3.37. The van der Waals surface area contributed by atoms with Gasteiger partial charge in [-0.3, -0.25) is 9.78 Å². The lowest BCUT2D eigenvalue weighted by molar-refractivity contribution is -0.119. The van der Waals surface area contributed by atoms with Gasteiger partial charge in [0.2, 0.25) is 0 Å². The van der Waals surface area contributed by atoms with Crippen LogP contribution < -0.4 is 5.32 Å². The summed E-state index contributed by atoms with van der Waals surface area (Å²) in [6.07, 6.45) is 8.26. The Hall–Kier alpha value is -3.35. The lowest BCUT2D eigenvalue weighted by Crippen LogP contribution is -2.44. The summed E-state index contributed by atoms with van der Waals surface area (Å²) >= 11 is 6.78. The lowest BCUT2D eigenvalue weighted by Gasteiger charge is -2.31. The summed E-state index contributed by atoms with van der Waals surface area (Å²) in [7, 11) is 1.32. The third kappa shape index (κ3) is 5.55. The highest BCUT2D eigenvalue weighted by Crippen LogP contribution is 2.39. The molecule has 2 heterocycles. The van der Waals surface area contributed by atoms with Crippen molar-refractivity contribution in [1.82, 2.24) is 15.3 Å². The van der Waals surface area contributed by atoms with Gasteiger partial charge in [-0.2, -0.15) is 5.26 Å². The molecule has 0 aliphatic heterocycles. The predicted octanol–water partition coefficient (Wildman–Crippen LogP) is 5.95. The Bertz CT molecular complexity index is 1360. The molecule has 2 aromatic heterocycles. The standard InChI is InChI=1S/C27H22Br2N4O3/c1-36-26(35)23-9-6-18(15-31-23)17-4-7-20(8-5-17)27(10-2-3-11-27)33-25(34)19(14-30)12-24-22(29)13-21(28)16-32-24/h4-9,12-13,15-16H,2-3,10-11H2,1H3,(H,33,34)/b19-12+. The molecule has 1 aromatic carbocycles. The van der Waals surface area contributed by atoms with Crippen LogP contribution in [0.1, 0.15) is 47.4 Å². The molecular weight excluding hydrogens is 588 g/mol. The first-order chi connectivity index (χ1) is 17.3. The van der Waals surface area contributed by atoms with E-state index in [2.05, 4.69) is 47.1 Å². The first kappa shape index (κ1) is 25.7. The normalized spacial score (nSPS) is 14.7. The van der Waals surface area contributed by atoms with Crippen molar-refractivity contribution >= 4 is 49.8 Å². The highest BCUT2D eigenvalue weighted by molar-refractivity contribution is 9.11. The second-order valence-electron chi connectivity index (χ2n) is 8.43. The number of carbonyl (C=O) groups excluding carboxylic acids is 2. The lowest BCUT2D eigenvalue weighted by atomic mass is 9.86. The maximum Gasteiger partial charge on any atom is 0.356 e. The molecule has 4 rings (SSSR count). The number of esters is 1. The van der Waals surface area contributed by atoms with Crippen molar-refractivity contribution in [2.24, 2.45) is 0 Å². The summed E-state index contributed by atoms with van der Waals surface area (Å²) in [6, 6.07) is 15.2. The number of nitrogens with one attached hydrogen (secondary N) is 1. The van der Waals surface area contributed by atoms with E-state index in [0.29, 0.717) is 10.2 Å². The quantitative estimate of drug-likeness (QED) is 0.210. The second kappa shape index (κ2) is 11.1. The summed E-state index contributed by atoms with van der Waals surface area (Å²) in [5.74, 6) is -0.910. The van der Waals surface area contributed by atoms with Gasteiger partial charge in [-0.25, -0.2) is 9.78 Å². The zero-order valence-electron chi connectivity index (χ0n) is 19.4. The number of pyridine rings is 2. The monoisotopic (exact) mass is 608 g/mol. The van der Waals surface area contributed by atoms with Gasteiger partial charge in [0.05, 0.1) is 18.3 Å². The fourth-order valence-corrected chi connectivity index (χ4v) is 5.44. The molecule has 0 unspecified atom stereocenters. The van der Waals surface area contributed by atoms with Crippen molar-refractivity contribution in [2.75, 3.05) is 7.11 Å². The molecule has 0 spiro atoms. The first-order valence-electron chi connectivity index (χ1n) is 11.3. The van der Waals surface area contributed by atoms with Crippen LogP contribution in [0.2, 0.25) is 0 Å². The fourth-order valence-electron chi connectivity index (χ4n) is 4.34. The molecule has 182 valence electrons. The highest BCUT2D eigenvalue weighted by atomic mass is 79.9. The number of ether oxygens (including phenoxy) is 1. The van der Waals surface area contributed by atoms with Crippen LogP contribution >= 0.6 is 31.9 Å². The van der Waals surface area contributed by atoms with E-state index < -0.39 is 17.4 Å². The van der Waals surface area contributed by atoms with Gasteiger partial charge in [0.25, 0.3) is 5.91 Å². The van der Waals surface area contributed by atoms with Crippen LogP contribution in [-0.4, -0.2) is 29.0 Å². The molecule has 0 radical (unpaired) electrons. The molecule has 1 aliphatic carbocycles. The van der Waals surface area contributed by atoms with Gasteiger partial charge in [-0.1, -0.05) is 43.2 Å². The van der Waals surface area contributed by atoms with Gasteiger partial charge in [0, 0.05) is 26.9 Å². The van der Waals surface area contributed by atoms with Crippen LogP contribution in [0.3, 0.4) is 0 Å². The predicted molar refractivity (Wildman–Crippen MR) is 143 cm³/mol. The van der Waals surface area contributed by atoms with Crippen LogP contribution in [0.25, 0.3) is 17.2 Å². The zero-order chi connectivity index (χ0) is 25.7. The molecule has 1 N–H and O–H groups in total. The van der Waals surface area contributed by atoms with Crippen molar-refractivity contribution in [3.63, 3.8) is 0 Å². The molecule has 1 aliphatic rings. The van der Waals surface area contributed by atoms with Crippen molar-refractivity contribution in [2.45, 2.75) is 31.2 Å². The number of methoxy groups -OCH3 is 1. The summed E-state index contributed by atoms with van der Waals surface area (Å²) in [4.78, 5) is 33.3. The van der Waals surface area contributed by atoms with E-state index in [-0.39, 0.29) is 11.3 Å². The molecular formula is C27H22Br2N4O3. The summed E-state index contributed by atoms with van der Waals surface area (Å²) in [6.45, 7) is 0. The zero-order valence-corrected chi connectivity index (χ0v) is 22.6. The SMILES string of the molecule is COC(=O)c1ccc(-c2ccc(C3(NC(=O)/C(C#N)=C/c4ncc(Br)cc4Br)CCCC3)cc2)cn1. The summed E-state index contributed by atoms with van der Waals surface area (Å²) in [5.41, 5.74) is 2.97. The topological polar surface area (TPSA) is 105 Å². The number of amides is 1. The van der Waals surface area contributed by atoms with Crippen molar-refractivity contribution in [3.8, 4) is 17.2 Å². The molecule has 3 aromatic rings. The molecule has 1 amide bonds. The van der Waals surface area contributed by atoms with Crippen molar-refractivity contribution < 1.29 is 14.3 Å². The average molecular weight is 610 g/mol. The Kier molecular flexibility index (Phi) is 7.97. The maximum atomic E-state index is 13.2. The number of nitrogens with zero attached hydrogens (tertiary/aromatic N) is 3. The molecule has 36 heavy (non-hydrogen) atoms. The van der Waals surface area contributed by atoms with E-state index in [4.69, 9.17) is 4.74 Å². The summed E-state index contributed by atoms with van der Waals surface area (Å²) in [5, 5.41) is 12.8. The van der Waals surface area contributed by atoms with Crippen LogP contribution in [0.4, 0.5) is 0 Å². The third-order valence-corrected chi connectivity index (χ3v) is 7.29. The molecule has 7 nitrogen and oxygen atoms in total. The number of halogens is 2.